The van der Waals surface area contributed by atoms with Crippen molar-refractivity contribution in [3.05, 3.63) is 65.4 Å². The van der Waals surface area contributed by atoms with Crippen molar-refractivity contribution in [2.75, 3.05) is 0 Å². The van der Waals surface area contributed by atoms with Crippen LogP contribution in [-0.4, -0.2) is 0 Å². The molecule has 0 aliphatic heterocycles. The molecule has 0 atom stereocenters. The Balaban J connectivity index is 2.13. The topological polar surface area (TPSA) is 0 Å². The lowest BCUT2D eigenvalue weighted by Crippen LogP contribution is -1.76. The van der Waals surface area contributed by atoms with Crippen LogP contribution >= 0.6 is 22.7 Å². The van der Waals surface area contributed by atoms with E-state index in [1.165, 1.54) is 20.9 Å². The van der Waals surface area contributed by atoms with Gasteiger partial charge in [-0.1, -0.05) is 60.7 Å². The summed E-state index contributed by atoms with van der Waals surface area (Å²) in [7, 11) is 0. The molecule has 0 aliphatic rings. The van der Waals surface area contributed by atoms with E-state index in [1.807, 2.05) is 22.7 Å². The first-order valence-corrected chi connectivity index (χ1v) is 7.21. The van der Waals surface area contributed by atoms with Gasteiger partial charge in [0.1, 0.15) is 0 Å². The maximum Gasteiger partial charge on any atom is 0.243 e. The largest absolute Gasteiger partial charge is 0.243 e. The van der Waals surface area contributed by atoms with Crippen molar-refractivity contribution in [3.63, 3.8) is 0 Å². The Morgan fingerprint density at radius 3 is 1.94 bits per heavy atom. The highest BCUT2D eigenvalue weighted by molar-refractivity contribution is 7.32. The smallest absolute Gasteiger partial charge is 0.0622 e. The Morgan fingerprint density at radius 2 is 1.29 bits per heavy atom. The normalized spacial score (nSPS) is 10.4. The molecule has 1 aromatic heterocycles. The van der Waals surface area contributed by atoms with Gasteiger partial charge < -0.3 is 0 Å². The molecule has 0 saturated carbocycles. The van der Waals surface area contributed by atoms with Crippen LogP contribution in [-0.2, 0) is 0 Å². The highest BCUT2D eigenvalue weighted by Crippen LogP contribution is 2.39. The maximum absolute atomic E-state index is 2.20. The van der Waals surface area contributed by atoms with Crippen LogP contribution in [0.1, 0.15) is 0 Å². The van der Waals surface area contributed by atoms with E-state index in [2.05, 4.69) is 65.4 Å². The van der Waals surface area contributed by atoms with E-state index in [-0.39, 0.29) is 0 Å². The van der Waals surface area contributed by atoms with Gasteiger partial charge in [-0.15, -0.1) is 0 Å². The standard InChI is InChI=1S/C15H11S2/c1-3-7-12(8-4-1)14-15(17-11-16-14)13-9-5-2-6-10-13/h1-11H/q+1. The minimum absolute atomic E-state index is 1.30. The van der Waals surface area contributed by atoms with Gasteiger partial charge in [0, 0.05) is 11.1 Å². The Bertz CT molecular complexity index is 543. The molecule has 0 unspecified atom stereocenters. The van der Waals surface area contributed by atoms with Crippen molar-refractivity contribution in [1.29, 1.82) is 0 Å². The molecule has 1 heterocycles. The summed E-state index contributed by atoms with van der Waals surface area (Å²) in [5.74, 6) is 0. The molecule has 3 aromatic rings. The average molecular weight is 255 g/mol. The molecular formula is C15H11S2+. The zero-order valence-electron chi connectivity index (χ0n) is 9.17. The highest BCUT2D eigenvalue weighted by Gasteiger charge is 2.18. The van der Waals surface area contributed by atoms with Crippen LogP contribution < -0.4 is 0 Å². The zero-order valence-corrected chi connectivity index (χ0v) is 10.8. The van der Waals surface area contributed by atoms with E-state index in [0.29, 0.717) is 0 Å². The third-order valence-electron chi connectivity index (χ3n) is 2.61. The van der Waals surface area contributed by atoms with Crippen LogP contribution in [0.25, 0.3) is 20.9 Å². The van der Waals surface area contributed by atoms with Gasteiger partial charge in [0.2, 0.25) is 4.69 Å². The molecule has 0 bridgehead atoms. The molecule has 0 aliphatic carbocycles. The number of hydrogen-bond acceptors (Lipinski definition) is 1. The van der Waals surface area contributed by atoms with Crippen molar-refractivity contribution in [1.82, 2.24) is 0 Å². The lowest BCUT2D eigenvalue weighted by molar-refractivity contribution is 1.67. The number of rotatable bonds is 2. The summed E-state index contributed by atoms with van der Waals surface area (Å²) in [6.45, 7) is 0. The monoisotopic (exact) mass is 255 g/mol. The lowest BCUT2D eigenvalue weighted by Gasteiger charge is -1.96. The molecule has 0 spiro atoms. The molecule has 0 saturated heterocycles. The summed E-state index contributed by atoms with van der Waals surface area (Å²) in [6, 6.07) is 21.2. The van der Waals surface area contributed by atoms with Crippen molar-refractivity contribution in [3.8, 4) is 20.9 Å². The quantitative estimate of drug-likeness (QED) is 0.536. The molecule has 0 radical (unpaired) electrons. The summed E-state index contributed by atoms with van der Waals surface area (Å²) >= 11 is 3.63. The fraction of sp³-hybridized carbons (Fsp3) is 0. The number of benzene rings is 2. The van der Waals surface area contributed by atoms with Gasteiger partial charge in [-0.25, -0.2) is 0 Å². The molecule has 0 amide bonds. The second-order valence-electron chi connectivity index (χ2n) is 3.72. The fourth-order valence-corrected chi connectivity index (χ4v) is 4.05. The zero-order chi connectivity index (χ0) is 11.5. The second-order valence-corrected chi connectivity index (χ2v) is 5.78. The van der Waals surface area contributed by atoms with Gasteiger partial charge in [-0.3, -0.25) is 0 Å². The maximum atomic E-state index is 2.20. The Labute approximate surface area is 109 Å². The van der Waals surface area contributed by atoms with Crippen LogP contribution in [0, 0.1) is 0 Å². The van der Waals surface area contributed by atoms with Gasteiger partial charge in [0.05, 0.1) is 22.7 Å². The molecule has 0 nitrogen and oxygen atoms in total. The third kappa shape index (κ3) is 2.14. The summed E-state index contributed by atoms with van der Waals surface area (Å²) in [4.78, 5) is 2.73. The Kier molecular flexibility index (Phi) is 2.99. The van der Waals surface area contributed by atoms with Gasteiger partial charge in [0.15, 0.2) is 9.75 Å². The minimum atomic E-state index is 1.30. The molecule has 17 heavy (non-hydrogen) atoms. The van der Waals surface area contributed by atoms with Crippen LogP contribution in [0.4, 0.5) is 0 Å². The Morgan fingerprint density at radius 1 is 0.706 bits per heavy atom. The van der Waals surface area contributed by atoms with Crippen LogP contribution in [0.15, 0.2) is 65.4 Å². The molecule has 0 N–H and O–H groups in total. The van der Waals surface area contributed by atoms with Crippen LogP contribution in [0.3, 0.4) is 0 Å². The Hall–Kier alpha value is -1.51. The van der Waals surface area contributed by atoms with Gasteiger partial charge in [-0.05, 0) is 0 Å². The molecular weight excluding hydrogens is 244 g/mol. The van der Waals surface area contributed by atoms with Crippen molar-refractivity contribution >= 4 is 22.7 Å². The van der Waals surface area contributed by atoms with Crippen molar-refractivity contribution in [2.45, 2.75) is 0 Å². The van der Waals surface area contributed by atoms with E-state index in [9.17, 15) is 0 Å². The first-order chi connectivity index (χ1) is 8.45. The summed E-state index contributed by atoms with van der Waals surface area (Å²) < 4.78 is 2.20. The van der Waals surface area contributed by atoms with Gasteiger partial charge in [-0.2, -0.15) is 0 Å². The lowest BCUT2D eigenvalue weighted by atomic mass is 10.1. The summed E-state index contributed by atoms with van der Waals surface area (Å²) in [5.41, 5.74) is 2.61. The summed E-state index contributed by atoms with van der Waals surface area (Å²) in [5, 5.41) is 0. The molecule has 3 rings (SSSR count). The highest BCUT2D eigenvalue weighted by atomic mass is 32.2. The van der Waals surface area contributed by atoms with E-state index >= 15 is 0 Å². The first-order valence-electron chi connectivity index (χ1n) is 5.45. The third-order valence-corrected chi connectivity index (χ3v) is 4.86. The predicted octanol–water partition coefficient (Wildman–Crippen LogP) is 5.42. The van der Waals surface area contributed by atoms with E-state index in [1.54, 1.807) is 0 Å². The van der Waals surface area contributed by atoms with E-state index < -0.39 is 0 Å². The van der Waals surface area contributed by atoms with Crippen molar-refractivity contribution in [2.24, 2.45) is 0 Å². The SMILES string of the molecule is c1ccc(-c2sc[s+]c2-c2ccccc2)cc1. The summed E-state index contributed by atoms with van der Waals surface area (Å²) in [6.07, 6.45) is 0. The number of hydrogen-bond donors (Lipinski definition) is 0. The first kappa shape index (κ1) is 10.6. The fourth-order valence-electron chi connectivity index (χ4n) is 1.80. The van der Waals surface area contributed by atoms with Gasteiger partial charge in [0.25, 0.3) is 0 Å². The second kappa shape index (κ2) is 4.78. The molecule has 2 heteroatoms. The minimum Gasteiger partial charge on any atom is -0.0622 e. The molecule has 2 aromatic carbocycles. The van der Waals surface area contributed by atoms with Crippen molar-refractivity contribution < 1.29 is 0 Å². The predicted molar refractivity (Wildman–Crippen MR) is 77.5 cm³/mol. The van der Waals surface area contributed by atoms with Crippen LogP contribution in [0.2, 0.25) is 0 Å². The molecule has 82 valence electrons. The van der Waals surface area contributed by atoms with Gasteiger partial charge >= 0.3 is 0 Å². The van der Waals surface area contributed by atoms with E-state index in [4.69, 9.17) is 0 Å². The van der Waals surface area contributed by atoms with Crippen LogP contribution in [0.5, 0.6) is 0 Å². The molecule has 0 fully saturated rings. The average Bonchev–Trinajstić information content (AvgIpc) is 2.90. The van der Waals surface area contributed by atoms with E-state index in [0.717, 1.165) is 0 Å².